The molecular formula is C15H22BrN3O2. The van der Waals surface area contributed by atoms with Crippen LogP contribution in [0.25, 0.3) is 0 Å². The van der Waals surface area contributed by atoms with Gasteiger partial charge in [0.05, 0.1) is 17.9 Å². The first-order chi connectivity index (χ1) is 10.0. The molecule has 2 rings (SSSR count). The number of nitrogens with zero attached hydrogens (tertiary/aromatic N) is 1. The van der Waals surface area contributed by atoms with Crippen molar-refractivity contribution in [3.63, 3.8) is 0 Å². The van der Waals surface area contributed by atoms with Crippen LogP contribution in [0.5, 0.6) is 0 Å². The third kappa shape index (κ3) is 5.30. The molecule has 1 saturated heterocycles. The van der Waals surface area contributed by atoms with Crippen LogP contribution in [0.3, 0.4) is 0 Å². The second-order valence-electron chi connectivity index (χ2n) is 5.38. The van der Waals surface area contributed by atoms with Gasteiger partial charge in [-0.15, -0.1) is 0 Å². The monoisotopic (exact) mass is 355 g/mol. The molecule has 0 saturated carbocycles. The highest BCUT2D eigenvalue weighted by Gasteiger charge is 2.21. The first-order valence-corrected chi connectivity index (χ1v) is 8.01. The Morgan fingerprint density at radius 1 is 1.33 bits per heavy atom. The molecule has 0 aliphatic carbocycles. The Morgan fingerprint density at radius 3 is 2.67 bits per heavy atom. The van der Waals surface area contributed by atoms with Crippen LogP contribution >= 0.6 is 15.9 Å². The summed E-state index contributed by atoms with van der Waals surface area (Å²) in [6.07, 6.45) is 0.505. The molecule has 0 bridgehead atoms. The SMILES string of the molecule is CC1CN(CCNC(=O)Nc2ccccc2Br)CC(C)O1. The lowest BCUT2D eigenvalue weighted by Crippen LogP contribution is -2.48. The molecular weight excluding hydrogens is 334 g/mol. The molecule has 0 aromatic heterocycles. The zero-order valence-electron chi connectivity index (χ0n) is 12.4. The van der Waals surface area contributed by atoms with Crippen molar-refractivity contribution in [2.45, 2.75) is 26.1 Å². The number of carbonyl (C=O) groups excluding carboxylic acids is 1. The number of carbonyl (C=O) groups is 1. The number of hydrogen-bond acceptors (Lipinski definition) is 3. The minimum absolute atomic E-state index is 0.184. The van der Waals surface area contributed by atoms with E-state index in [9.17, 15) is 4.79 Å². The number of ether oxygens (including phenoxy) is 1. The maximum Gasteiger partial charge on any atom is 0.319 e. The topological polar surface area (TPSA) is 53.6 Å². The number of amides is 2. The second kappa shape index (κ2) is 7.77. The van der Waals surface area contributed by atoms with Crippen LogP contribution in [0, 0.1) is 0 Å². The summed E-state index contributed by atoms with van der Waals surface area (Å²) >= 11 is 3.40. The number of halogens is 1. The Kier molecular flexibility index (Phi) is 6.02. The number of para-hydroxylation sites is 1. The Hall–Kier alpha value is -1.11. The molecule has 1 heterocycles. The molecule has 116 valence electrons. The van der Waals surface area contributed by atoms with Crippen LogP contribution in [0.15, 0.2) is 28.7 Å². The van der Waals surface area contributed by atoms with Gasteiger partial charge in [-0.1, -0.05) is 12.1 Å². The molecule has 1 fully saturated rings. The zero-order valence-corrected chi connectivity index (χ0v) is 14.0. The normalized spacial score (nSPS) is 22.8. The summed E-state index contributed by atoms with van der Waals surface area (Å²) in [7, 11) is 0. The molecule has 2 amide bonds. The molecule has 1 aromatic rings. The smallest absolute Gasteiger partial charge is 0.319 e. The Labute approximate surface area is 134 Å². The van der Waals surface area contributed by atoms with Crippen molar-refractivity contribution in [3.05, 3.63) is 28.7 Å². The molecule has 1 aromatic carbocycles. The van der Waals surface area contributed by atoms with Crippen LogP contribution in [-0.4, -0.2) is 49.3 Å². The van der Waals surface area contributed by atoms with E-state index >= 15 is 0 Å². The lowest BCUT2D eigenvalue weighted by Gasteiger charge is -2.35. The number of hydrogen-bond donors (Lipinski definition) is 2. The van der Waals surface area contributed by atoms with Gasteiger partial charge in [-0.2, -0.15) is 0 Å². The number of rotatable bonds is 4. The summed E-state index contributed by atoms with van der Waals surface area (Å²) in [5, 5.41) is 5.71. The Bertz CT molecular complexity index is 474. The van der Waals surface area contributed by atoms with Crippen LogP contribution in [-0.2, 0) is 4.74 Å². The largest absolute Gasteiger partial charge is 0.373 e. The molecule has 2 atom stereocenters. The van der Waals surface area contributed by atoms with Crippen molar-refractivity contribution in [3.8, 4) is 0 Å². The third-order valence-corrected chi connectivity index (χ3v) is 4.02. The minimum atomic E-state index is -0.184. The van der Waals surface area contributed by atoms with Crippen molar-refractivity contribution in [1.82, 2.24) is 10.2 Å². The van der Waals surface area contributed by atoms with E-state index in [0.717, 1.165) is 29.8 Å². The molecule has 1 aliphatic rings. The van der Waals surface area contributed by atoms with E-state index < -0.39 is 0 Å². The van der Waals surface area contributed by atoms with Gasteiger partial charge in [0.2, 0.25) is 0 Å². The molecule has 0 spiro atoms. The predicted molar refractivity (Wildman–Crippen MR) is 87.6 cm³/mol. The minimum Gasteiger partial charge on any atom is -0.373 e. The zero-order chi connectivity index (χ0) is 15.2. The van der Waals surface area contributed by atoms with Gasteiger partial charge in [0.25, 0.3) is 0 Å². The van der Waals surface area contributed by atoms with E-state index in [0.29, 0.717) is 6.54 Å². The van der Waals surface area contributed by atoms with Crippen molar-refractivity contribution < 1.29 is 9.53 Å². The fraction of sp³-hybridized carbons (Fsp3) is 0.533. The molecule has 2 N–H and O–H groups in total. The quantitative estimate of drug-likeness (QED) is 0.872. The summed E-state index contributed by atoms with van der Waals surface area (Å²) < 4.78 is 6.56. The number of urea groups is 1. The third-order valence-electron chi connectivity index (χ3n) is 3.33. The first kappa shape index (κ1) is 16.3. The summed E-state index contributed by atoms with van der Waals surface area (Å²) in [5.74, 6) is 0. The molecule has 21 heavy (non-hydrogen) atoms. The summed E-state index contributed by atoms with van der Waals surface area (Å²) in [5.41, 5.74) is 0.767. The highest BCUT2D eigenvalue weighted by molar-refractivity contribution is 9.10. The van der Waals surface area contributed by atoms with E-state index in [1.165, 1.54) is 0 Å². The molecule has 2 unspecified atom stereocenters. The van der Waals surface area contributed by atoms with Crippen molar-refractivity contribution in [1.29, 1.82) is 0 Å². The van der Waals surface area contributed by atoms with Gasteiger partial charge < -0.3 is 15.4 Å². The van der Waals surface area contributed by atoms with Crippen LogP contribution in [0.4, 0.5) is 10.5 Å². The maximum absolute atomic E-state index is 11.8. The molecule has 1 aliphatic heterocycles. The van der Waals surface area contributed by atoms with Crippen molar-refractivity contribution in [2.24, 2.45) is 0 Å². The van der Waals surface area contributed by atoms with E-state index in [1.807, 2.05) is 24.3 Å². The van der Waals surface area contributed by atoms with E-state index in [2.05, 4.69) is 45.3 Å². The molecule has 6 heteroatoms. The van der Waals surface area contributed by atoms with E-state index in [-0.39, 0.29) is 18.2 Å². The van der Waals surface area contributed by atoms with Gasteiger partial charge in [-0.05, 0) is 41.9 Å². The number of anilines is 1. The number of morpholine rings is 1. The lowest BCUT2D eigenvalue weighted by atomic mass is 10.2. The Morgan fingerprint density at radius 2 is 2.00 bits per heavy atom. The van der Waals surface area contributed by atoms with Crippen LogP contribution < -0.4 is 10.6 Å². The van der Waals surface area contributed by atoms with Crippen molar-refractivity contribution >= 4 is 27.6 Å². The first-order valence-electron chi connectivity index (χ1n) is 7.22. The standard InChI is InChI=1S/C15H22BrN3O2/c1-11-9-19(10-12(2)21-11)8-7-17-15(20)18-14-6-4-3-5-13(14)16/h3-6,11-12H,7-10H2,1-2H3,(H2,17,18,20). The highest BCUT2D eigenvalue weighted by atomic mass is 79.9. The average molecular weight is 356 g/mol. The lowest BCUT2D eigenvalue weighted by molar-refractivity contribution is -0.0672. The molecule has 5 nitrogen and oxygen atoms in total. The fourth-order valence-corrected chi connectivity index (χ4v) is 2.91. The Balaban J connectivity index is 1.71. The molecule has 0 radical (unpaired) electrons. The fourth-order valence-electron chi connectivity index (χ4n) is 2.52. The van der Waals surface area contributed by atoms with Gasteiger partial charge in [0.1, 0.15) is 0 Å². The van der Waals surface area contributed by atoms with E-state index in [4.69, 9.17) is 4.74 Å². The summed E-state index contributed by atoms with van der Waals surface area (Å²) in [6.45, 7) is 7.44. The van der Waals surface area contributed by atoms with Crippen LogP contribution in [0.1, 0.15) is 13.8 Å². The number of benzene rings is 1. The average Bonchev–Trinajstić information content (AvgIpc) is 2.40. The van der Waals surface area contributed by atoms with Gasteiger partial charge in [0, 0.05) is 30.7 Å². The van der Waals surface area contributed by atoms with Crippen molar-refractivity contribution in [2.75, 3.05) is 31.5 Å². The van der Waals surface area contributed by atoms with Gasteiger partial charge in [-0.25, -0.2) is 4.79 Å². The van der Waals surface area contributed by atoms with Gasteiger partial charge >= 0.3 is 6.03 Å². The van der Waals surface area contributed by atoms with E-state index in [1.54, 1.807) is 0 Å². The summed E-state index contributed by atoms with van der Waals surface area (Å²) in [4.78, 5) is 14.2. The van der Waals surface area contributed by atoms with Gasteiger partial charge in [0.15, 0.2) is 0 Å². The van der Waals surface area contributed by atoms with Gasteiger partial charge in [-0.3, -0.25) is 4.90 Å². The highest BCUT2D eigenvalue weighted by Crippen LogP contribution is 2.20. The number of nitrogens with one attached hydrogen (secondary N) is 2. The van der Waals surface area contributed by atoms with Crippen LogP contribution in [0.2, 0.25) is 0 Å². The summed E-state index contributed by atoms with van der Waals surface area (Å²) in [6, 6.07) is 7.36. The maximum atomic E-state index is 11.8. The predicted octanol–water partition coefficient (Wildman–Crippen LogP) is 2.68. The second-order valence-corrected chi connectivity index (χ2v) is 6.23.